The van der Waals surface area contributed by atoms with Crippen LogP contribution in [-0.4, -0.2) is 42.5 Å². The number of amides is 1. The molecule has 1 aromatic rings. The van der Waals surface area contributed by atoms with Crippen molar-refractivity contribution in [1.29, 1.82) is 0 Å². The molecule has 0 spiro atoms. The quantitative estimate of drug-likeness (QED) is 0.802. The fraction of sp³-hybridized carbons (Fsp3) is 0.538. The Morgan fingerprint density at radius 2 is 2.12 bits per heavy atom. The summed E-state index contributed by atoms with van der Waals surface area (Å²) >= 11 is 0. The molecule has 1 unspecified atom stereocenters. The minimum absolute atomic E-state index is 0.181. The van der Waals surface area contributed by atoms with E-state index in [2.05, 4.69) is 10.3 Å². The highest BCUT2D eigenvalue weighted by molar-refractivity contribution is 5.76. The topological polar surface area (TPSA) is 45.2 Å². The van der Waals surface area contributed by atoms with Crippen molar-refractivity contribution in [2.75, 3.05) is 20.6 Å². The molecule has 1 N–H and O–H groups in total. The van der Waals surface area contributed by atoms with Crippen LogP contribution in [0.5, 0.6) is 0 Å². The maximum absolute atomic E-state index is 11.8. The van der Waals surface area contributed by atoms with E-state index in [-0.39, 0.29) is 11.9 Å². The van der Waals surface area contributed by atoms with Crippen molar-refractivity contribution in [3.05, 3.63) is 30.1 Å². The number of carbonyl (C=O) groups excluding carboxylic acids is 1. The number of nitrogens with zero attached hydrogens (tertiary/aromatic N) is 2. The molecule has 1 rings (SSSR count). The zero-order valence-electron chi connectivity index (χ0n) is 10.8. The van der Waals surface area contributed by atoms with Crippen molar-refractivity contribution < 1.29 is 4.79 Å². The summed E-state index contributed by atoms with van der Waals surface area (Å²) < 4.78 is 0. The van der Waals surface area contributed by atoms with Crippen molar-refractivity contribution >= 4 is 5.91 Å². The molecule has 0 saturated carbocycles. The van der Waals surface area contributed by atoms with Gasteiger partial charge in [-0.05, 0) is 38.1 Å². The Kier molecular flexibility index (Phi) is 5.63. The SMILES string of the molecule is CNC(C)CC(=O)N(C)CCc1ccncc1. The van der Waals surface area contributed by atoms with Gasteiger partial charge in [-0.15, -0.1) is 0 Å². The van der Waals surface area contributed by atoms with E-state index in [1.165, 1.54) is 5.56 Å². The summed E-state index contributed by atoms with van der Waals surface area (Å²) in [6, 6.07) is 4.19. The summed E-state index contributed by atoms with van der Waals surface area (Å²) in [7, 11) is 3.72. The molecule has 0 fully saturated rings. The first-order chi connectivity index (χ1) is 8.13. The molecular formula is C13H21N3O. The fourth-order valence-corrected chi connectivity index (χ4v) is 1.49. The van der Waals surface area contributed by atoms with E-state index in [4.69, 9.17) is 0 Å². The molecule has 0 aliphatic rings. The number of hydrogen-bond donors (Lipinski definition) is 1. The Labute approximate surface area is 103 Å². The Morgan fingerprint density at radius 1 is 1.47 bits per heavy atom. The average Bonchev–Trinajstić information content (AvgIpc) is 2.36. The minimum Gasteiger partial charge on any atom is -0.345 e. The number of carbonyl (C=O) groups is 1. The van der Waals surface area contributed by atoms with Crippen molar-refractivity contribution in [1.82, 2.24) is 15.2 Å². The summed E-state index contributed by atoms with van der Waals surface area (Å²) in [5, 5.41) is 3.07. The molecule has 4 heteroatoms. The van der Waals surface area contributed by atoms with Crippen molar-refractivity contribution in [3.63, 3.8) is 0 Å². The first-order valence-corrected chi connectivity index (χ1v) is 5.93. The van der Waals surface area contributed by atoms with E-state index in [0.717, 1.165) is 13.0 Å². The normalized spacial score (nSPS) is 12.2. The summed E-state index contributed by atoms with van der Waals surface area (Å²) in [6.45, 7) is 2.76. The summed E-state index contributed by atoms with van der Waals surface area (Å²) in [5.41, 5.74) is 1.21. The summed E-state index contributed by atoms with van der Waals surface area (Å²) in [5.74, 6) is 0.181. The monoisotopic (exact) mass is 235 g/mol. The van der Waals surface area contributed by atoms with E-state index in [1.54, 1.807) is 17.3 Å². The van der Waals surface area contributed by atoms with Crippen LogP contribution in [-0.2, 0) is 11.2 Å². The second-order valence-corrected chi connectivity index (χ2v) is 4.31. The molecule has 0 aromatic carbocycles. The number of nitrogens with one attached hydrogen (secondary N) is 1. The third-order valence-electron chi connectivity index (χ3n) is 2.88. The first-order valence-electron chi connectivity index (χ1n) is 5.93. The lowest BCUT2D eigenvalue weighted by Crippen LogP contribution is -2.34. The summed E-state index contributed by atoms with van der Waals surface area (Å²) in [4.78, 5) is 17.6. The van der Waals surface area contributed by atoms with Gasteiger partial charge in [-0.3, -0.25) is 9.78 Å². The van der Waals surface area contributed by atoms with Gasteiger partial charge in [0.1, 0.15) is 0 Å². The minimum atomic E-state index is 0.181. The van der Waals surface area contributed by atoms with Crippen LogP contribution < -0.4 is 5.32 Å². The molecule has 0 saturated heterocycles. The maximum atomic E-state index is 11.8. The van der Waals surface area contributed by atoms with Crippen LogP contribution in [0.15, 0.2) is 24.5 Å². The predicted molar refractivity (Wildman–Crippen MR) is 68.7 cm³/mol. The molecule has 17 heavy (non-hydrogen) atoms. The van der Waals surface area contributed by atoms with E-state index in [1.807, 2.05) is 33.2 Å². The number of hydrogen-bond acceptors (Lipinski definition) is 3. The van der Waals surface area contributed by atoms with Gasteiger partial charge in [-0.1, -0.05) is 0 Å². The third kappa shape index (κ3) is 4.95. The largest absolute Gasteiger partial charge is 0.345 e. The molecule has 1 amide bonds. The Bertz CT molecular complexity index is 340. The van der Waals surface area contributed by atoms with Crippen LogP contribution in [0.3, 0.4) is 0 Å². The molecule has 0 bridgehead atoms. The number of pyridine rings is 1. The number of likely N-dealkylation sites (N-methyl/N-ethyl adjacent to an activating group) is 1. The van der Waals surface area contributed by atoms with Gasteiger partial charge in [0.2, 0.25) is 5.91 Å². The van der Waals surface area contributed by atoms with Gasteiger partial charge in [-0.25, -0.2) is 0 Å². The molecule has 1 aromatic heterocycles. The molecule has 0 aliphatic heterocycles. The van der Waals surface area contributed by atoms with Gasteiger partial charge < -0.3 is 10.2 Å². The van der Waals surface area contributed by atoms with Gasteiger partial charge in [-0.2, -0.15) is 0 Å². The van der Waals surface area contributed by atoms with Crippen LogP contribution in [0.4, 0.5) is 0 Å². The van der Waals surface area contributed by atoms with Gasteiger partial charge in [0.25, 0.3) is 0 Å². The van der Waals surface area contributed by atoms with Gasteiger partial charge in [0, 0.05) is 38.4 Å². The highest BCUT2D eigenvalue weighted by atomic mass is 16.2. The summed E-state index contributed by atoms with van der Waals surface area (Å²) in [6.07, 6.45) is 4.97. The fourth-order valence-electron chi connectivity index (χ4n) is 1.49. The molecule has 0 aliphatic carbocycles. The first kappa shape index (κ1) is 13.6. The molecule has 1 atom stereocenters. The van der Waals surface area contributed by atoms with E-state index in [9.17, 15) is 4.79 Å². The molecule has 1 heterocycles. The van der Waals surface area contributed by atoms with E-state index in [0.29, 0.717) is 6.42 Å². The molecular weight excluding hydrogens is 214 g/mol. The molecule has 0 radical (unpaired) electrons. The number of aromatic nitrogens is 1. The smallest absolute Gasteiger partial charge is 0.223 e. The third-order valence-corrected chi connectivity index (χ3v) is 2.88. The van der Waals surface area contributed by atoms with E-state index < -0.39 is 0 Å². The Morgan fingerprint density at radius 3 is 2.71 bits per heavy atom. The zero-order chi connectivity index (χ0) is 12.7. The lowest BCUT2D eigenvalue weighted by Gasteiger charge is -2.19. The van der Waals surface area contributed by atoms with Crippen LogP contribution in [0.2, 0.25) is 0 Å². The van der Waals surface area contributed by atoms with Gasteiger partial charge >= 0.3 is 0 Å². The van der Waals surface area contributed by atoms with Crippen molar-refractivity contribution in [3.8, 4) is 0 Å². The lowest BCUT2D eigenvalue weighted by atomic mass is 10.2. The second-order valence-electron chi connectivity index (χ2n) is 4.31. The Balaban J connectivity index is 2.34. The average molecular weight is 235 g/mol. The van der Waals surface area contributed by atoms with Crippen LogP contribution >= 0.6 is 0 Å². The van der Waals surface area contributed by atoms with Crippen molar-refractivity contribution in [2.24, 2.45) is 0 Å². The van der Waals surface area contributed by atoms with Crippen molar-refractivity contribution in [2.45, 2.75) is 25.8 Å². The van der Waals surface area contributed by atoms with Crippen LogP contribution in [0.1, 0.15) is 18.9 Å². The standard InChI is InChI=1S/C13H21N3O/c1-11(14-2)10-13(17)16(3)9-6-12-4-7-15-8-5-12/h4-5,7-8,11,14H,6,9-10H2,1-3H3. The van der Waals surface area contributed by atoms with Crippen LogP contribution in [0, 0.1) is 0 Å². The van der Waals surface area contributed by atoms with Gasteiger partial charge in [0.15, 0.2) is 0 Å². The highest BCUT2D eigenvalue weighted by Gasteiger charge is 2.11. The zero-order valence-corrected chi connectivity index (χ0v) is 10.8. The molecule has 94 valence electrons. The predicted octanol–water partition coefficient (Wildman–Crippen LogP) is 1.08. The maximum Gasteiger partial charge on any atom is 0.223 e. The molecule has 4 nitrogen and oxygen atoms in total. The highest BCUT2D eigenvalue weighted by Crippen LogP contribution is 2.01. The van der Waals surface area contributed by atoms with E-state index >= 15 is 0 Å². The lowest BCUT2D eigenvalue weighted by molar-refractivity contribution is -0.130. The number of rotatable bonds is 6. The Hall–Kier alpha value is -1.42. The van der Waals surface area contributed by atoms with Crippen LogP contribution in [0.25, 0.3) is 0 Å². The van der Waals surface area contributed by atoms with Gasteiger partial charge in [0.05, 0.1) is 0 Å². The second kappa shape index (κ2) is 7.01.